The molecule has 24 heavy (non-hydrogen) atoms. The SMILES string of the molecule is CCC(=O)O[C@H]1CCCC[C@@H]1c1ccccc1OCOCCOC. The van der Waals surface area contributed by atoms with Crippen LogP contribution in [0.3, 0.4) is 0 Å². The molecule has 2 atom stereocenters. The average molecular weight is 336 g/mol. The van der Waals surface area contributed by atoms with Gasteiger partial charge < -0.3 is 18.9 Å². The van der Waals surface area contributed by atoms with Crippen molar-refractivity contribution >= 4 is 5.97 Å². The van der Waals surface area contributed by atoms with Crippen LogP contribution in [0.4, 0.5) is 0 Å². The summed E-state index contributed by atoms with van der Waals surface area (Å²) in [6.45, 7) is 3.06. The fourth-order valence-corrected chi connectivity index (χ4v) is 3.07. The molecule has 0 bridgehead atoms. The molecule has 1 aromatic rings. The van der Waals surface area contributed by atoms with Crippen LogP contribution in [0.5, 0.6) is 5.75 Å². The summed E-state index contributed by atoms with van der Waals surface area (Å²) in [5.74, 6) is 0.858. The summed E-state index contributed by atoms with van der Waals surface area (Å²) in [6, 6.07) is 7.96. The lowest BCUT2D eigenvalue weighted by Gasteiger charge is -2.32. The van der Waals surface area contributed by atoms with Crippen LogP contribution in [-0.4, -0.2) is 39.2 Å². The Morgan fingerprint density at radius 3 is 2.75 bits per heavy atom. The van der Waals surface area contributed by atoms with Crippen molar-refractivity contribution in [3.63, 3.8) is 0 Å². The average Bonchev–Trinajstić information content (AvgIpc) is 2.62. The Hall–Kier alpha value is -1.59. The number of hydrogen-bond acceptors (Lipinski definition) is 5. The van der Waals surface area contributed by atoms with E-state index in [4.69, 9.17) is 18.9 Å². The van der Waals surface area contributed by atoms with Crippen molar-refractivity contribution in [2.75, 3.05) is 27.1 Å². The number of carbonyl (C=O) groups is 1. The molecule has 0 heterocycles. The van der Waals surface area contributed by atoms with E-state index in [1.54, 1.807) is 7.11 Å². The lowest BCUT2D eigenvalue weighted by molar-refractivity contribution is -0.151. The number of rotatable bonds is 9. The van der Waals surface area contributed by atoms with Gasteiger partial charge in [0.1, 0.15) is 11.9 Å². The molecule has 0 N–H and O–H groups in total. The summed E-state index contributed by atoms with van der Waals surface area (Å²) < 4.78 is 21.8. The number of esters is 1. The molecule has 1 aliphatic rings. The van der Waals surface area contributed by atoms with Gasteiger partial charge in [0.05, 0.1) is 13.2 Å². The van der Waals surface area contributed by atoms with E-state index < -0.39 is 0 Å². The molecule has 0 aliphatic heterocycles. The number of methoxy groups -OCH3 is 1. The summed E-state index contributed by atoms with van der Waals surface area (Å²) in [4.78, 5) is 11.7. The minimum Gasteiger partial charge on any atom is -0.467 e. The van der Waals surface area contributed by atoms with Crippen LogP contribution in [0.25, 0.3) is 0 Å². The fourth-order valence-electron chi connectivity index (χ4n) is 3.07. The number of para-hydroxylation sites is 1. The normalized spacial score (nSPS) is 20.6. The van der Waals surface area contributed by atoms with Crippen molar-refractivity contribution < 1.29 is 23.7 Å². The molecular formula is C19H28O5. The van der Waals surface area contributed by atoms with Crippen molar-refractivity contribution in [2.24, 2.45) is 0 Å². The zero-order chi connectivity index (χ0) is 17.2. The van der Waals surface area contributed by atoms with Crippen molar-refractivity contribution in [3.8, 4) is 5.75 Å². The molecule has 5 heteroatoms. The Kier molecular flexibility index (Phi) is 8.05. The molecule has 5 nitrogen and oxygen atoms in total. The highest BCUT2D eigenvalue weighted by Gasteiger charge is 2.31. The number of ether oxygens (including phenoxy) is 4. The summed E-state index contributed by atoms with van der Waals surface area (Å²) >= 11 is 0. The second-order valence-electron chi connectivity index (χ2n) is 5.97. The molecule has 1 saturated carbocycles. The van der Waals surface area contributed by atoms with Gasteiger partial charge in [-0.15, -0.1) is 0 Å². The Labute approximate surface area is 144 Å². The van der Waals surface area contributed by atoms with Crippen LogP contribution < -0.4 is 4.74 Å². The first-order valence-electron chi connectivity index (χ1n) is 8.74. The van der Waals surface area contributed by atoms with Crippen molar-refractivity contribution in [1.29, 1.82) is 0 Å². The van der Waals surface area contributed by atoms with Crippen molar-refractivity contribution in [3.05, 3.63) is 29.8 Å². The molecule has 0 aromatic heterocycles. The lowest BCUT2D eigenvalue weighted by Crippen LogP contribution is -2.28. The summed E-state index contributed by atoms with van der Waals surface area (Å²) in [5, 5.41) is 0. The third-order valence-electron chi connectivity index (χ3n) is 4.32. The third-order valence-corrected chi connectivity index (χ3v) is 4.32. The minimum atomic E-state index is -0.131. The Morgan fingerprint density at radius 1 is 1.17 bits per heavy atom. The summed E-state index contributed by atoms with van der Waals surface area (Å²) in [5.41, 5.74) is 1.10. The zero-order valence-corrected chi connectivity index (χ0v) is 14.7. The van der Waals surface area contributed by atoms with Gasteiger partial charge in [0.2, 0.25) is 0 Å². The minimum absolute atomic E-state index is 0.0645. The topological polar surface area (TPSA) is 54.0 Å². The molecule has 1 aliphatic carbocycles. The molecule has 1 fully saturated rings. The van der Waals surface area contributed by atoms with E-state index >= 15 is 0 Å². The van der Waals surface area contributed by atoms with E-state index in [1.165, 1.54) is 0 Å². The molecular weight excluding hydrogens is 308 g/mol. The van der Waals surface area contributed by atoms with Gasteiger partial charge in [0.25, 0.3) is 0 Å². The summed E-state index contributed by atoms with van der Waals surface area (Å²) in [7, 11) is 1.64. The monoisotopic (exact) mass is 336 g/mol. The van der Waals surface area contributed by atoms with Crippen LogP contribution in [0, 0.1) is 0 Å². The number of hydrogen-bond donors (Lipinski definition) is 0. The zero-order valence-electron chi connectivity index (χ0n) is 14.7. The van der Waals surface area contributed by atoms with Gasteiger partial charge >= 0.3 is 5.97 Å². The maximum absolute atomic E-state index is 11.7. The number of carbonyl (C=O) groups excluding carboxylic acids is 1. The van der Waals surface area contributed by atoms with Gasteiger partial charge in [-0.25, -0.2) is 0 Å². The first-order valence-corrected chi connectivity index (χ1v) is 8.74. The second-order valence-corrected chi connectivity index (χ2v) is 5.97. The largest absolute Gasteiger partial charge is 0.467 e. The first kappa shape index (κ1) is 18.7. The molecule has 0 radical (unpaired) electrons. The van der Waals surface area contributed by atoms with Crippen molar-refractivity contribution in [1.82, 2.24) is 0 Å². The molecule has 0 spiro atoms. The van der Waals surface area contributed by atoms with Crippen molar-refractivity contribution in [2.45, 2.75) is 51.0 Å². The lowest BCUT2D eigenvalue weighted by atomic mass is 9.81. The fraction of sp³-hybridized carbons (Fsp3) is 0.632. The van der Waals surface area contributed by atoms with Crippen LogP contribution in [-0.2, 0) is 19.0 Å². The van der Waals surface area contributed by atoms with Crippen LogP contribution in [0.2, 0.25) is 0 Å². The molecule has 0 unspecified atom stereocenters. The number of benzene rings is 1. The van der Waals surface area contributed by atoms with Crippen LogP contribution >= 0.6 is 0 Å². The van der Waals surface area contributed by atoms with Crippen LogP contribution in [0.15, 0.2) is 24.3 Å². The predicted octanol–water partition coefficient (Wildman–Crippen LogP) is 3.67. The molecule has 0 saturated heterocycles. The van der Waals surface area contributed by atoms with E-state index in [0.717, 1.165) is 37.0 Å². The van der Waals surface area contributed by atoms with E-state index in [0.29, 0.717) is 19.6 Å². The Bertz CT molecular complexity index is 502. The van der Waals surface area contributed by atoms with Gasteiger partial charge in [-0.1, -0.05) is 31.5 Å². The van der Waals surface area contributed by atoms with Gasteiger partial charge in [0, 0.05) is 25.0 Å². The van der Waals surface area contributed by atoms with E-state index in [1.807, 2.05) is 25.1 Å². The smallest absolute Gasteiger partial charge is 0.305 e. The quantitative estimate of drug-likeness (QED) is 0.391. The maximum atomic E-state index is 11.7. The molecule has 2 rings (SSSR count). The molecule has 1 aromatic carbocycles. The summed E-state index contributed by atoms with van der Waals surface area (Å²) in [6.07, 6.45) is 4.51. The van der Waals surface area contributed by atoms with E-state index in [9.17, 15) is 4.79 Å². The highest BCUT2D eigenvalue weighted by atomic mass is 16.7. The highest BCUT2D eigenvalue weighted by Crippen LogP contribution is 2.39. The molecule has 0 amide bonds. The van der Waals surface area contributed by atoms with Gasteiger partial charge in [-0.05, 0) is 25.3 Å². The van der Waals surface area contributed by atoms with Gasteiger partial charge in [-0.3, -0.25) is 4.79 Å². The Morgan fingerprint density at radius 2 is 1.96 bits per heavy atom. The third kappa shape index (κ3) is 5.49. The van der Waals surface area contributed by atoms with Gasteiger partial charge in [-0.2, -0.15) is 0 Å². The second kappa shape index (κ2) is 10.3. The highest BCUT2D eigenvalue weighted by molar-refractivity contribution is 5.69. The van der Waals surface area contributed by atoms with Crippen LogP contribution in [0.1, 0.15) is 50.5 Å². The standard InChI is InChI=1S/C19H28O5/c1-3-19(20)24-18-11-7-5-9-16(18)15-8-4-6-10-17(15)23-14-22-13-12-21-2/h4,6,8,10,16,18H,3,5,7,9,11-14H2,1-2H3/t16-,18+/m1/s1. The van der Waals surface area contributed by atoms with Gasteiger partial charge in [0.15, 0.2) is 6.79 Å². The Balaban J connectivity index is 2.03. The van der Waals surface area contributed by atoms with E-state index in [-0.39, 0.29) is 24.8 Å². The predicted molar refractivity (Wildman–Crippen MR) is 91.1 cm³/mol. The molecule has 134 valence electrons. The maximum Gasteiger partial charge on any atom is 0.305 e. The van der Waals surface area contributed by atoms with E-state index in [2.05, 4.69) is 6.07 Å². The first-order chi connectivity index (χ1) is 11.8.